The number of hydrogen-bond acceptors (Lipinski definition) is 5. The molecule has 10 nitrogen and oxygen atoms in total. The highest BCUT2D eigenvalue weighted by molar-refractivity contribution is 7.89. The van der Waals surface area contributed by atoms with Crippen molar-refractivity contribution in [2.24, 2.45) is 11.1 Å². The molecule has 3 atom stereocenters. The summed E-state index contributed by atoms with van der Waals surface area (Å²) in [5.41, 5.74) is 2.17. The summed E-state index contributed by atoms with van der Waals surface area (Å²) in [6, 6.07) is 18.9. The normalized spacial score (nSPS) is 19.2. The summed E-state index contributed by atoms with van der Waals surface area (Å²) in [5, 5.41) is 10.8. The quantitative estimate of drug-likeness (QED) is 0.442. The summed E-state index contributed by atoms with van der Waals surface area (Å²) in [6.45, 7) is 1.52. The second-order valence-corrected chi connectivity index (χ2v) is 11.4. The van der Waals surface area contributed by atoms with Crippen LogP contribution in [0.4, 0.5) is 10.5 Å². The van der Waals surface area contributed by atoms with Crippen molar-refractivity contribution in [1.82, 2.24) is 14.8 Å². The maximum atomic E-state index is 13.4. The first-order chi connectivity index (χ1) is 18.2. The number of nitrogens with zero attached hydrogens (tertiary/aromatic N) is 2. The highest BCUT2D eigenvalue weighted by Gasteiger charge is 2.37. The lowest BCUT2D eigenvalue weighted by atomic mass is 9.83. The van der Waals surface area contributed by atoms with E-state index in [-0.39, 0.29) is 34.7 Å². The lowest BCUT2D eigenvalue weighted by molar-refractivity contribution is -0.118. The summed E-state index contributed by atoms with van der Waals surface area (Å²) in [6.07, 6.45) is 1.18. The number of piperidine rings is 1. The number of likely N-dealkylation sites (tertiary alicyclic amines) is 1. The summed E-state index contributed by atoms with van der Waals surface area (Å²) in [5.74, 6) is -0.216. The van der Waals surface area contributed by atoms with Crippen LogP contribution in [0.2, 0.25) is 0 Å². The molecule has 5 rings (SSSR count). The fourth-order valence-electron chi connectivity index (χ4n) is 5.32. The van der Waals surface area contributed by atoms with E-state index in [2.05, 4.69) is 10.6 Å². The third kappa shape index (κ3) is 5.63. The Morgan fingerprint density at radius 2 is 1.68 bits per heavy atom. The maximum absolute atomic E-state index is 13.4. The van der Waals surface area contributed by atoms with E-state index < -0.39 is 22.0 Å². The van der Waals surface area contributed by atoms with Crippen LogP contribution in [0, 0.1) is 5.92 Å². The average Bonchev–Trinajstić information content (AvgIpc) is 2.89. The number of sulfonamides is 1. The molecule has 2 unspecified atom stereocenters. The molecule has 1 fully saturated rings. The number of urea groups is 1. The number of primary sulfonamides is 1. The van der Waals surface area contributed by atoms with Gasteiger partial charge in [-0.25, -0.2) is 18.4 Å². The highest BCUT2D eigenvalue weighted by Crippen LogP contribution is 2.35. The number of anilines is 1. The van der Waals surface area contributed by atoms with Gasteiger partial charge >= 0.3 is 6.03 Å². The van der Waals surface area contributed by atoms with Crippen LogP contribution in [-0.2, 0) is 27.8 Å². The Morgan fingerprint density at radius 1 is 0.947 bits per heavy atom. The Balaban J connectivity index is 1.32. The van der Waals surface area contributed by atoms with Crippen molar-refractivity contribution in [3.63, 3.8) is 0 Å². The van der Waals surface area contributed by atoms with E-state index in [4.69, 9.17) is 5.14 Å². The number of nitrogens with one attached hydrogen (secondary N) is 2. The van der Waals surface area contributed by atoms with E-state index in [1.807, 2.05) is 36.4 Å². The summed E-state index contributed by atoms with van der Waals surface area (Å²) >= 11 is 0. The third-order valence-corrected chi connectivity index (χ3v) is 8.04. The molecule has 3 amide bonds. The Morgan fingerprint density at radius 3 is 2.39 bits per heavy atom. The van der Waals surface area contributed by atoms with E-state index >= 15 is 0 Å². The van der Waals surface area contributed by atoms with Crippen molar-refractivity contribution in [3.8, 4) is 0 Å². The minimum absolute atomic E-state index is 0.0215. The number of fused-ring (bicyclic) bond motifs is 4. The van der Waals surface area contributed by atoms with Gasteiger partial charge < -0.3 is 20.1 Å². The molecular formula is C27H29N5O5S. The molecule has 38 heavy (non-hydrogen) atoms. The number of rotatable bonds is 6. The number of carbonyl (C=O) groups is 2. The van der Waals surface area contributed by atoms with Crippen LogP contribution >= 0.6 is 0 Å². The predicted octanol–water partition coefficient (Wildman–Crippen LogP) is 1.87. The van der Waals surface area contributed by atoms with Gasteiger partial charge in [-0.05, 0) is 48.2 Å². The molecule has 11 heteroatoms. The van der Waals surface area contributed by atoms with E-state index in [0.29, 0.717) is 25.3 Å². The van der Waals surface area contributed by atoms with Gasteiger partial charge in [-0.3, -0.25) is 9.59 Å². The number of amides is 3. The average molecular weight is 536 g/mol. The lowest BCUT2D eigenvalue weighted by Crippen LogP contribution is -2.55. The number of aromatic nitrogens is 1. The third-order valence-electron chi connectivity index (χ3n) is 7.11. The molecular weight excluding hydrogens is 506 g/mol. The Hall–Kier alpha value is -3.96. The van der Waals surface area contributed by atoms with Crippen molar-refractivity contribution in [3.05, 3.63) is 94.4 Å². The Kier molecular flexibility index (Phi) is 7.04. The van der Waals surface area contributed by atoms with Crippen LogP contribution < -0.4 is 21.3 Å². The molecule has 3 aromatic rings. The zero-order chi connectivity index (χ0) is 26.9. The monoisotopic (exact) mass is 535 g/mol. The molecule has 1 aromatic heterocycles. The molecule has 0 radical (unpaired) electrons. The Labute approximate surface area is 220 Å². The van der Waals surface area contributed by atoms with Gasteiger partial charge in [-0.1, -0.05) is 36.4 Å². The van der Waals surface area contributed by atoms with Crippen molar-refractivity contribution in [2.75, 3.05) is 18.4 Å². The minimum atomic E-state index is -3.86. The van der Waals surface area contributed by atoms with Crippen molar-refractivity contribution < 1.29 is 18.0 Å². The largest absolute Gasteiger partial charge is 0.326 e. The number of carbonyl (C=O) groups excluding carboxylic acids is 2. The van der Waals surface area contributed by atoms with Crippen LogP contribution in [0.25, 0.3) is 0 Å². The van der Waals surface area contributed by atoms with Crippen LogP contribution in [-0.4, -0.2) is 49.0 Å². The molecule has 1 saturated heterocycles. The van der Waals surface area contributed by atoms with E-state index in [9.17, 15) is 22.8 Å². The SMILES string of the molecule is NS(=O)(=O)c1ccc(NC(=O)[C@H](Cc2ccccc2)NC(=O)N2CC3CC(C2)c2cccc(=O)n2C3)cc1. The first kappa shape index (κ1) is 25.7. The minimum Gasteiger partial charge on any atom is -0.326 e. The van der Waals surface area contributed by atoms with Crippen LogP contribution in [0.1, 0.15) is 23.6 Å². The van der Waals surface area contributed by atoms with Gasteiger partial charge in [-0.2, -0.15) is 0 Å². The smallest absolute Gasteiger partial charge is 0.318 e. The second kappa shape index (κ2) is 10.4. The van der Waals surface area contributed by atoms with E-state index in [1.165, 1.54) is 24.3 Å². The topological polar surface area (TPSA) is 144 Å². The predicted molar refractivity (Wildman–Crippen MR) is 142 cm³/mol. The number of pyridine rings is 1. The lowest BCUT2D eigenvalue weighted by Gasteiger charge is -2.43. The molecule has 2 aromatic carbocycles. The van der Waals surface area contributed by atoms with Crippen molar-refractivity contribution in [2.45, 2.75) is 36.2 Å². The number of nitrogens with two attached hydrogens (primary N) is 1. The molecule has 0 spiro atoms. The van der Waals surface area contributed by atoms with Gasteiger partial charge in [0, 0.05) is 49.4 Å². The van der Waals surface area contributed by atoms with Crippen LogP contribution in [0.5, 0.6) is 0 Å². The number of hydrogen-bond donors (Lipinski definition) is 3. The van der Waals surface area contributed by atoms with Crippen molar-refractivity contribution in [1.29, 1.82) is 0 Å². The summed E-state index contributed by atoms with van der Waals surface area (Å²) < 4.78 is 24.9. The fourth-order valence-corrected chi connectivity index (χ4v) is 5.83. The first-order valence-corrected chi connectivity index (χ1v) is 13.9. The fraction of sp³-hybridized carbons (Fsp3) is 0.296. The van der Waals surface area contributed by atoms with Gasteiger partial charge in [0.25, 0.3) is 5.56 Å². The molecule has 3 heterocycles. The number of benzene rings is 2. The standard InChI is InChI=1S/C27H29N5O5S/c28-38(36,37)22-11-9-21(10-12-22)29-26(34)23(14-18-5-2-1-3-6-18)30-27(35)31-15-19-13-20(17-31)24-7-4-8-25(33)32(24)16-19/h1-12,19-20,23H,13-17H2,(H,29,34)(H,30,35)(H2,28,36,37)/t19?,20?,23-/m0/s1. The first-order valence-electron chi connectivity index (χ1n) is 12.4. The zero-order valence-corrected chi connectivity index (χ0v) is 21.4. The van der Waals surface area contributed by atoms with Gasteiger partial charge in [0.05, 0.1) is 4.90 Å². The van der Waals surface area contributed by atoms with Crippen LogP contribution in [0.15, 0.2) is 82.5 Å². The zero-order valence-electron chi connectivity index (χ0n) is 20.6. The summed E-state index contributed by atoms with van der Waals surface area (Å²) in [4.78, 5) is 40.7. The highest BCUT2D eigenvalue weighted by atomic mass is 32.2. The van der Waals surface area contributed by atoms with Crippen LogP contribution in [0.3, 0.4) is 0 Å². The van der Waals surface area contributed by atoms with E-state index in [0.717, 1.165) is 17.7 Å². The second-order valence-electron chi connectivity index (χ2n) is 9.85. The molecule has 2 aliphatic heterocycles. The molecule has 0 aliphatic carbocycles. The van der Waals surface area contributed by atoms with Gasteiger partial charge in [0.15, 0.2) is 0 Å². The molecule has 4 N–H and O–H groups in total. The molecule has 198 valence electrons. The summed E-state index contributed by atoms with van der Waals surface area (Å²) in [7, 11) is -3.86. The van der Waals surface area contributed by atoms with E-state index in [1.54, 1.807) is 21.6 Å². The molecule has 0 saturated carbocycles. The molecule has 2 aliphatic rings. The maximum Gasteiger partial charge on any atom is 0.318 e. The molecule has 2 bridgehead atoms. The van der Waals surface area contributed by atoms with Crippen molar-refractivity contribution >= 4 is 27.6 Å². The van der Waals surface area contributed by atoms with Gasteiger partial charge in [0.1, 0.15) is 6.04 Å². The van der Waals surface area contributed by atoms with Gasteiger partial charge in [-0.15, -0.1) is 0 Å². The Bertz CT molecular complexity index is 1500. The van der Waals surface area contributed by atoms with Gasteiger partial charge in [0.2, 0.25) is 15.9 Å².